The highest BCUT2D eigenvalue weighted by Gasteiger charge is 2.06. The molecule has 0 saturated carbocycles. The molecule has 1 unspecified atom stereocenters. The van der Waals surface area contributed by atoms with Crippen molar-refractivity contribution in [2.24, 2.45) is 0 Å². The van der Waals surface area contributed by atoms with E-state index in [0.717, 1.165) is 12.2 Å². The van der Waals surface area contributed by atoms with Gasteiger partial charge in [0.25, 0.3) is 0 Å². The quantitative estimate of drug-likeness (QED) is 0.784. The maximum atomic E-state index is 5.79. The summed E-state index contributed by atoms with van der Waals surface area (Å²) in [5, 5.41) is 3.71. The van der Waals surface area contributed by atoms with Crippen molar-refractivity contribution in [2.75, 3.05) is 23.1 Å². The molecule has 15 heavy (non-hydrogen) atoms. The van der Waals surface area contributed by atoms with Gasteiger partial charge in [0.1, 0.15) is 5.15 Å². The molecule has 0 bridgehead atoms. The second kappa shape index (κ2) is 6.08. The van der Waals surface area contributed by atoms with Crippen LogP contribution in [0.25, 0.3) is 0 Å². The fraction of sp³-hybridized carbons (Fsp3) is 0.500. The Hall–Kier alpha value is -0.610. The van der Waals surface area contributed by atoms with Gasteiger partial charge in [0.15, 0.2) is 5.82 Å². The molecule has 0 spiro atoms. The minimum atomic E-state index is 0.353. The number of nitrogens with zero attached hydrogens (tertiary/aromatic N) is 1. The minimum absolute atomic E-state index is 0.353. The maximum Gasteiger partial charge on any atom is 0.151 e. The Morgan fingerprint density at radius 1 is 1.60 bits per heavy atom. The zero-order valence-electron chi connectivity index (χ0n) is 8.96. The molecule has 0 aliphatic heterocycles. The van der Waals surface area contributed by atoms with Crippen molar-refractivity contribution in [1.82, 2.24) is 4.98 Å². The van der Waals surface area contributed by atoms with Gasteiger partial charge in [-0.05, 0) is 37.5 Å². The van der Waals surface area contributed by atoms with Gasteiger partial charge in [-0.25, -0.2) is 4.98 Å². The van der Waals surface area contributed by atoms with E-state index in [0.29, 0.717) is 22.7 Å². The van der Waals surface area contributed by atoms with Crippen LogP contribution in [-0.2, 0) is 0 Å². The molecule has 1 heterocycles. The summed E-state index contributed by atoms with van der Waals surface area (Å²) in [7, 11) is 0. The predicted molar refractivity (Wildman–Crippen MR) is 69.7 cm³/mol. The van der Waals surface area contributed by atoms with Gasteiger partial charge in [0.05, 0.1) is 5.69 Å². The number of nitrogens with one attached hydrogen (secondary N) is 1. The number of anilines is 2. The van der Waals surface area contributed by atoms with Crippen LogP contribution in [0.15, 0.2) is 12.1 Å². The number of pyridine rings is 1. The third-order valence-electron chi connectivity index (χ3n) is 2.03. The zero-order valence-corrected chi connectivity index (χ0v) is 10.5. The SMILES string of the molecule is CSCCC(C)Nc1nc(Cl)ccc1N. The van der Waals surface area contributed by atoms with Gasteiger partial charge in [0, 0.05) is 6.04 Å². The average Bonchev–Trinajstić information content (AvgIpc) is 2.20. The second-order valence-electron chi connectivity index (χ2n) is 3.40. The van der Waals surface area contributed by atoms with Crippen LogP contribution < -0.4 is 11.1 Å². The molecule has 0 radical (unpaired) electrons. The lowest BCUT2D eigenvalue weighted by Gasteiger charge is -2.15. The van der Waals surface area contributed by atoms with E-state index in [2.05, 4.69) is 23.5 Å². The summed E-state index contributed by atoms with van der Waals surface area (Å²) in [6.45, 7) is 2.11. The third kappa shape index (κ3) is 4.18. The van der Waals surface area contributed by atoms with E-state index in [1.54, 1.807) is 12.1 Å². The number of halogens is 1. The molecule has 0 aliphatic carbocycles. The van der Waals surface area contributed by atoms with Crippen LogP contribution >= 0.6 is 23.4 Å². The van der Waals surface area contributed by atoms with E-state index in [1.807, 2.05) is 11.8 Å². The van der Waals surface area contributed by atoms with Crippen LogP contribution in [0.1, 0.15) is 13.3 Å². The maximum absolute atomic E-state index is 5.79. The van der Waals surface area contributed by atoms with Gasteiger partial charge in [-0.2, -0.15) is 11.8 Å². The van der Waals surface area contributed by atoms with E-state index in [9.17, 15) is 0 Å². The lowest BCUT2D eigenvalue weighted by Crippen LogP contribution is -2.17. The molecule has 0 fully saturated rings. The summed E-state index contributed by atoms with van der Waals surface area (Å²) in [5.41, 5.74) is 6.41. The fourth-order valence-corrected chi connectivity index (χ4v) is 1.90. The van der Waals surface area contributed by atoms with Crippen molar-refractivity contribution >= 4 is 34.9 Å². The topological polar surface area (TPSA) is 50.9 Å². The number of nitrogen functional groups attached to an aromatic ring is 1. The lowest BCUT2D eigenvalue weighted by molar-refractivity contribution is 0.767. The highest BCUT2D eigenvalue weighted by atomic mass is 35.5. The van der Waals surface area contributed by atoms with Gasteiger partial charge in [-0.15, -0.1) is 0 Å². The normalized spacial score (nSPS) is 12.5. The smallest absolute Gasteiger partial charge is 0.151 e. The van der Waals surface area contributed by atoms with Crippen molar-refractivity contribution < 1.29 is 0 Å². The van der Waals surface area contributed by atoms with E-state index in [4.69, 9.17) is 17.3 Å². The molecule has 0 aliphatic rings. The van der Waals surface area contributed by atoms with Crippen molar-refractivity contribution in [3.05, 3.63) is 17.3 Å². The average molecular weight is 246 g/mol. The molecule has 3 N–H and O–H groups in total. The minimum Gasteiger partial charge on any atom is -0.396 e. The molecule has 5 heteroatoms. The van der Waals surface area contributed by atoms with Crippen LogP contribution in [0, 0.1) is 0 Å². The van der Waals surface area contributed by atoms with Gasteiger partial charge in [-0.1, -0.05) is 11.6 Å². The molecule has 3 nitrogen and oxygen atoms in total. The number of nitrogens with two attached hydrogens (primary N) is 1. The number of hydrogen-bond donors (Lipinski definition) is 2. The van der Waals surface area contributed by atoms with Gasteiger partial charge in [0.2, 0.25) is 0 Å². The molecule has 84 valence electrons. The summed E-state index contributed by atoms with van der Waals surface area (Å²) < 4.78 is 0. The van der Waals surface area contributed by atoms with E-state index in [1.165, 1.54) is 0 Å². The summed E-state index contributed by atoms with van der Waals surface area (Å²) in [6.07, 6.45) is 3.17. The largest absolute Gasteiger partial charge is 0.396 e. The number of thioether (sulfide) groups is 1. The molecular formula is C10H16ClN3S. The molecule has 0 amide bonds. The summed E-state index contributed by atoms with van der Waals surface area (Å²) in [6, 6.07) is 3.80. The van der Waals surface area contributed by atoms with Crippen molar-refractivity contribution in [3.63, 3.8) is 0 Å². The van der Waals surface area contributed by atoms with Crippen LogP contribution in [0.4, 0.5) is 11.5 Å². The van der Waals surface area contributed by atoms with Crippen molar-refractivity contribution in [1.29, 1.82) is 0 Å². The predicted octanol–water partition coefficient (Wildman–Crippen LogP) is 2.87. The van der Waals surface area contributed by atoms with Crippen molar-refractivity contribution in [2.45, 2.75) is 19.4 Å². The molecule has 1 atom stereocenters. The monoisotopic (exact) mass is 245 g/mol. The Morgan fingerprint density at radius 3 is 3.00 bits per heavy atom. The standard InChI is InChI=1S/C10H16ClN3S/c1-7(5-6-15-2)13-10-8(12)3-4-9(11)14-10/h3-4,7H,5-6,12H2,1-2H3,(H,13,14). The zero-order chi connectivity index (χ0) is 11.3. The fourth-order valence-electron chi connectivity index (χ4n) is 1.16. The molecule has 1 aromatic heterocycles. The lowest BCUT2D eigenvalue weighted by atomic mass is 10.2. The third-order valence-corrected chi connectivity index (χ3v) is 2.89. The second-order valence-corrected chi connectivity index (χ2v) is 4.77. The Bertz CT molecular complexity index is 320. The Morgan fingerprint density at radius 2 is 2.33 bits per heavy atom. The Kier molecular flexibility index (Phi) is 5.05. The van der Waals surface area contributed by atoms with Gasteiger partial charge in [-0.3, -0.25) is 0 Å². The molecule has 1 rings (SSSR count). The molecular weight excluding hydrogens is 230 g/mol. The number of rotatable bonds is 5. The van der Waals surface area contributed by atoms with E-state index >= 15 is 0 Å². The van der Waals surface area contributed by atoms with Crippen LogP contribution in [0.3, 0.4) is 0 Å². The van der Waals surface area contributed by atoms with Gasteiger partial charge >= 0.3 is 0 Å². The van der Waals surface area contributed by atoms with Crippen LogP contribution in [0.2, 0.25) is 5.15 Å². The van der Waals surface area contributed by atoms with E-state index in [-0.39, 0.29) is 0 Å². The number of aromatic nitrogens is 1. The molecule has 0 saturated heterocycles. The highest BCUT2D eigenvalue weighted by Crippen LogP contribution is 2.19. The summed E-state index contributed by atoms with van der Waals surface area (Å²) >= 11 is 7.62. The summed E-state index contributed by atoms with van der Waals surface area (Å²) in [5.74, 6) is 1.80. The van der Waals surface area contributed by atoms with Crippen LogP contribution in [-0.4, -0.2) is 23.0 Å². The Labute approximate surface area is 99.8 Å². The highest BCUT2D eigenvalue weighted by molar-refractivity contribution is 7.98. The summed E-state index contributed by atoms with van der Waals surface area (Å²) in [4.78, 5) is 4.14. The molecule has 1 aromatic rings. The Balaban J connectivity index is 2.59. The first-order chi connectivity index (χ1) is 7.13. The van der Waals surface area contributed by atoms with Crippen molar-refractivity contribution in [3.8, 4) is 0 Å². The van der Waals surface area contributed by atoms with Gasteiger partial charge < -0.3 is 11.1 Å². The first-order valence-electron chi connectivity index (χ1n) is 4.81. The van der Waals surface area contributed by atoms with Crippen LogP contribution in [0.5, 0.6) is 0 Å². The molecule has 0 aromatic carbocycles. The first-order valence-corrected chi connectivity index (χ1v) is 6.58. The number of hydrogen-bond acceptors (Lipinski definition) is 4. The van der Waals surface area contributed by atoms with E-state index < -0.39 is 0 Å². The first kappa shape index (κ1) is 12.5.